The maximum Gasteiger partial charge on any atom is 0.333 e. The number of anilines is 1. The molecule has 2 aromatic carbocycles. The molecule has 160 valence electrons. The van der Waals surface area contributed by atoms with E-state index in [1.54, 1.807) is 48.5 Å². The number of aromatic nitrogens is 2. The van der Waals surface area contributed by atoms with Crippen LogP contribution in [0.15, 0.2) is 69.2 Å². The molecule has 0 aliphatic heterocycles. The molecule has 0 aliphatic carbocycles. The molecule has 2 N–H and O–H groups in total. The van der Waals surface area contributed by atoms with E-state index < -0.39 is 17.1 Å². The highest BCUT2D eigenvalue weighted by Gasteiger charge is 2.21. The molecule has 1 heterocycles. The van der Waals surface area contributed by atoms with Crippen LogP contribution in [0.25, 0.3) is 0 Å². The van der Waals surface area contributed by atoms with Gasteiger partial charge in [0.25, 0.3) is 5.56 Å². The van der Waals surface area contributed by atoms with Gasteiger partial charge in [-0.2, -0.15) is 0 Å². The van der Waals surface area contributed by atoms with E-state index in [0.29, 0.717) is 16.4 Å². The minimum absolute atomic E-state index is 0.0836. The van der Waals surface area contributed by atoms with E-state index in [2.05, 4.69) is 10.3 Å². The summed E-state index contributed by atoms with van der Waals surface area (Å²) in [6, 6.07) is 15.4. The predicted octanol–water partition coefficient (Wildman–Crippen LogP) is 2.89. The lowest BCUT2D eigenvalue weighted by atomic mass is 10.3. The van der Waals surface area contributed by atoms with Gasteiger partial charge >= 0.3 is 5.69 Å². The highest BCUT2D eigenvalue weighted by atomic mass is 35.5. The van der Waals surface area contributed by atoms with Gasteiger partial charge < -0.3 is 10.4 Å². The van der Waals surface area contributed by atoms with Gasteiger partial charge in [-0.25, -0.2) is 9.79 Å². The van der Waals surface area contributed by atoms with Crippen molar-refractivity contribution in [1.82, 2.24) is 9.13 Å². The van der Waals surface area contributed by atoms with E-state index in [9.17, 15) is 19.5 Å². The Labute approximate surface area is 186 Å². The van der Waals surface area contributed by atoms with E-state index >= 15 is 0 Å². The zero-order chi connectivity index (χ0) is 22.5. The molecule has 0 spiro atoms. The van der Waals surface area contributed by atoms with Crippen molar-refractivity contribution in [3.05, 3.63) is 86.0 Å². The molecule has 0 radical (unpaired) electrons. The highest BCUT2D eigenvalue weighted by molar-refractivity contribution is 8.15. The second kappa shape index (κ2) is 9.67. The maximum absolute atomic E-state index is 12.7. The quantitative estimate of drug-likeness (QED) is 0.451. The molecular formula is C21H19ClN4O4S. The van der Waals surface area contributed by atoms with Crippen LogP contribution in [0, 0.1) is 0 Å². The first-order chi connectivity index (χ1) is 14.8. The first kappa shape index (κ1) is 22.4. The lowest BCUT2D eigenvalue weighted by Crippen LogP contribution is -2.39. The van der Waals surface area contributed by atoms with Crippen LogP contribution in [0.5, 0.6) is 5.88 Å². The summed E-state index contributed by atoms with van der Waals surface area (Å²) in [6.45, 7) is 0. The molecule has 0 unspecified atom stereocenters. The summed E-state index contributed by atoms with van der Waals surface area (Å²) < 4.78 is 1.83. The van der Waals surface area contributed by atoms with Gasteiger partial charge in [-0.05, 0) is 36.4 Å². The van der Waals surface area contributed by atoms with Crippen molar-refractivity contribution < 1.29 is 9.90 Å². The van der Waals surface area contributed by atoms with Crippen molar-refractivity contribution in [3.63, 3.8) is 0 Å². The number of carbonyl (C=O) groups excluding carboxylic acids is 1. The smallest absolute Gasteiger partial charge is 0.333 e. The fourth-order valence-electron chi connectivity index (χ4n) is 2.66. The summed E-state index contributed by atoms with van der Waals surface area (Å²) in [6.07, 6.45) is 0. The normalized spacial score (nSPS) is 11.4. The highest BCUT2D eigenvalue weighted by Crippen LogP contribution is 2.23. The molecule has 1 amide bonds. The molecule has 0 saturated carbocycles. The van der Waals surface area contributed by atoms with Gasteiger partial charge in [0.2, 0.25) is 11.8 Å². The largest absolute Gasteiger partial charge is 0.494 e. The number of aromatic hydroxyl groups is 1. The van der Waals surface area contributed by atoms with Crippen molar-refractivity contribution in [2.45, 2.75) is 0 Å². The summed E-state index contributed by atoms with van der Waals surface area (Å²) in [5.74, 6) is -0.942. The summed E-state index contributed by atoms with van der Waals surface area (Å²) in [5.41, 5.74) is -0.440. The fourth-order valence-corrected chi connectivity index (χ4v) is 3.62. The Morgan fingerprint density at radius 3 is 2.35 bits per heavy atom. The third-order valence-corrected chi connectivity index (χ3v) is 5.53. The Hall–Kier alpha value is -3.30. The summed E-state index contributed by atoms with van der Waals surface area (Å²) in [7, 11) is 2.66. The van der Waals surface area contributed by atoms with Gasteiger partial charge in [-0.1, -0.05) is 41.6 Å². The number of hydrogen-bond donors (Lipinski definition) is 2. The average Bonchev–Trinajstić information content (AvgIpc) is 2.77. The monoisotopic (exact) mass is 458 g/mol. The Morgan fingerprint density at radius 1 is 1.06 bits per heavy atom. The number of hydrogen-bond acceptors (Lipinski definition) is 6. The van der Waals surface area contributed by atoms with Crippen LogP contribution in [0.4, 0.5) is 11.4 Å². The zero-order valence-corrected chi connectivity index (χ0v) is 18.3. The molecular weight excluding hydrogens is 440 g/mol. The van der Waals surface area contributed by atoms with Gasteiger partial charge in [-0.3, -0.25) is 18.7 Å². The first-order valence-corrected chi connectivity index (χ1v) is 10.5. The van der Waals surface area contributed by atoms with E-state index in [1.807, 2.05) is 6.07 Å². The van der Waals surface area contributed by atoms with Crippen molar-refractivity contribution in [2.24, 2.45) is 19.1 Å². The number of aliphatic imine (C=N–C) groups is 1. The molecule has 0 fully saturated rings. The van der Waals surface area contributed by atoms with E-state index in [0.717, 1.165) is 20.9 Å². The third kappa shape index (κ3) is 5.25. The van der Waals surface area contributed by atoms with Gasteiger partial charge in [0.15, 0.2) is 0 Å². The number of nitrogens with zero attached hydrogens (tertiary/aromatic N) is 3. The number of thioether (sulfide) groups is 1. The van der Waals surface area contributed by atoms with Crippen LogP contribution in [0.3, 0.4) is 0 Å². The number of rotatable bonds is 5. The number of benzene rings is 2. The summed E-state index contributed by atoms with van der Waals surface area (Å²) in [4.78, 5) is 41.7. The van der Waals surface area contributed by atoms with Gasteiger partial charge in [-0.15, -0.1) is 0 Å². The molecule has 10 heteroatoms. The topological polar surface area (TPSA) is 106 Å². The summed E-state index contributed by atoms with van der Waals surface area (Å²) in [5, 5.41) is 13.9. The molecule has 8 nitrogen and oxygen atoms in total. The first-order valence-electron chi connectivity index (χ1n) is 9.09. The SMILES string of the molecule is Cn1c(O)c(C(=Nc2ccccc2)SCC(=O)Nc2ccc(Cl)cc2)c(=O)n(C)c1=O. The molecule has 0 saturated heterocycles. The number of nitrogens with one attached hydrogen (secondary N) is 1. The van der Waals surface area contributed by atoms with E-state index in [1.165, 1.54) is 14.1 Å². The minimum Gasteiger partial charge on any atom is -0.494 e. The molecule has 0 aliphatic rings. The van der Waals surface area contributed by atoms with Crippen molar-refractivity contribution in [3.8, 4) is 5.88 Å². The summed E-state index contributed by atoms with van der Waals surface area (Å²) >= 11 is 6.82. The van der Waals surface area contributed by atoms with Crippen LogP contribution in [0.2, 0.25) is 5.02 Å². The Morgan fingerprint density at radius 2 is 1.71 bits per heavy atom. The predicted molar refractivity (Wildman–Crippen MR) is 124 cm³/mol. The van der Waals surface area contributed by atoms with E-state index in [4.69, 9.17) is 11.6 Å². The number of para-hydroxylation sites is 1. The maximum atomic E-state index is 12.7. The van der Waals surface area contributed by atoms with Crippen molar-refractivity contribution in [1.29, 1.82) is 0 Å². The van der Waals surface area contributed by atoms with Gasteiger partial charge in [0, 0.05) is 24.8 Å². The second-order valence-corrected chi connectivity index (χ2v) is 7.90. The molecule has 3 rings (SSSR count). The Balaban J connectivity index is 1.95. The molecule has 3 aromatic rings. The third-order valence-electron chi connectivity index (χ3n) is 4.30. The number of halogens is 1. The Kier molecular flexibility index (Phi) is 6.98. The van der Waals surface area contributed by atoms with Gasteiger partial charge in [0.1, 0.15) is 10.6 Å². The van der Waals surface area contributed by atoms with Gasteiger partial charge in [0.05, 0.1) is 11.4 Å². The van der Waals surface area contributed by atoms with Crippen LogP contribution in [-0.2, 0) is 18.9 Å². The van der Waals surface area contributed by atoms with E-state index in [-0.39, 0.29) is 22.3 Å². The molecule has 0 atom stereocenters. The fraction of sp³-hybridized carbons (Fsp3) is 0.143. The number of amides is 1. The molecule has 31 heavy (non-hydrogen) atoms. The lowest BCUT2D eigenvalue weighted by molar-refractivity contribution is -0.113. The van der Waals surface area contributed by atoms with Crippen molar-refractivity contribution >= 4 is 45.7 Å². The van der Waals surface area contributed by atoms with Crippen LogP contribution < -0.4 is 16.6 Å². The van der Waals surface area contributed by atoms with Crippen molar-refractivity contribution in [2.75, 3.05) is 11.1 Å². The van der Waals surface area contributed by atoms with Crippen LogP contribution in [0.1, 0.15) is 5.56 Å². The molecule has 0 bridgehead atoms. The second-order valence-electron chi connectivity index (χ2n) is 6.50. The van der Waals surface area contributed by atoms with Crippen LogP contribution in [-0.4, -0.2) is 30.9 Å². The number of carbonyl (C=O) groups is 1. The Bertz CT molecular complexity index is 1250. The van der Waals surface area contributed by atoms with Crippen LogP contribution >= 0.6 is 23.4 Å². The zero-order valence-electron chi connectivity index (χ0n) is 16.7. The minimum atomic E-state index is -0.708. The standard InChI is InChI=1S/C21H19ClN4O4S/c1-25-19(28)17(20(29)26(2)21(25)30)18(24-14-6-4-3-5-7-14)31-12-16(27)23-15-10-8-13(22)9-11-15/h3-11,28H,12H2,1-2H3,(H,23,27). The lowest BCUT2D eigenvalue weighted by Gasteiger charge is -2.12. The average molecular weight is 459 g/mol. The molecule has 1 aromatic heterocycles.